The van der Waals surface area contributed by atoms with Crippen LogP contribution in [-0.4, -0.2) is 24.9 Å². The van der Waals surface area contributed by atoms with Gasteiger partial charge in [0.05, 0.1) is 0 Å². The molecule has 0 aliphatic heterocycles. The van der Waals surface area contributed by atoms with E-state index in [1.54, 1.807) is 42.9 Å². The third-order valence-electron chi connectivity index (χ3n) is 4.09. The summed E-state index contributed by atoms with van der Waals surface area (Å²) in [6.45, 7) is 1.94. The number of hydrogen-bond acceptors (Lipinski definition) is 5. The molecular formula is C17H18N4O4. The van der Waals surface area contributed by atoms with Crippen LogP contribution in [0.1, 0.15) is 29.5 Å². The maximum Gasteiger partial charge on any atom is 0.329 e. The van der Waals surface area contributed by atoms with Crippen LogP contribution in [0.3, 0.4) is 0 Å². The summed E-state index contributed by atoms with van der Waals surface area (Å²) < 4.78 is 8.57. The number of aromatic amines is 1. The topological polar surface area (TPSA) is 99.0 Å². The fraction of sp³-hybridized carbons (Fsp3) is 0.294. The quantitative estimate of drug-likeness (QED) is 0.701. The lowest BCUT2D eigenvalue weighted by molar-refractivity contribution is 0.0988. The van der Waals surface area contributed by atoms with Crippen molar-refractivity contribution < 1.29 is 9.53 Å². The third-order valence-corrected chi connectivity index (χ3v) is 4.09. The Hall–Kier alpha value is -3.16. The van der Waals surface area contributed by atoms with Crippen LogP contribution in [0.5, 0.6) is 5.75 Å². The van der Waals surface area contributed by atoms with E-state index in [2.05, 4.69) is 9.97 Å². The molecule has 0 aliphatic carbocycles. The summed E-state index contributed by atoms with van der Waals surface area (Å²) in [6, 6.07) is 6.86. The number of ketones is 1. The van der Waals surface area contributed by atoms with Gasteiger partial charge in [0, 0.05) is 26.1 Å². The number of rotatable bonds is 5. The highest BCUT2D eigenvalue weighted by Crippen LogP contribution is 2.16. The Labute approximate surface area is 142 Å². The van der Waals surface area contributed by atoms with Gasteiger partial charge in [-0.25, -0.2) is 9.78 Å². The number of Topliss-reactive ketones (excluding diaryl/α,β-unsaturated/α-hetero) is 1. The molecule has 8 nitrogen and oxygen atoms in total. The van der Waals surface area contributed by atoms with E-state index in [0.717, 1.165) is 0 Å². The van der Waals surface area contributed by atoms with Crippen molar-refractivity contribution in [1.29, 1.82) is 0 Å². The van der Waals surface area contributed by atoms with Gasteiger partial charge in [0.1, 0.15) is 18.2 Å². The monoisotopic (exact) mass is 342 g/mol. The molecule has 0 radical (unpaired) electrons. The zero-order chi connectivity index (χ0) is 18.1. The summed E-state index contributed by atoms with van der Waals surface area (Å²) >= 11 is 0. The van der Waals surface area contributed by atoms with Crippen molar-refractivity contribution in [1.82, 2.24) is 19.1 Å². The Bertz CT molecular complexity index is 1060. The molecule has 2 heterocycles. The van der Waals surface area contributed by atoms with Crippen LogP contribution in [0.25, 0.3) is 11.2 Å². The van der Waals surface area contributed by atoms with Crippen molar-refractivity contribution >= 4 is 16.9 Å². The molecule has 25 heavy (non-hydrogen) atoms. The van der Waals surface area contributed by atoms with Crippen LogP contribution in [0.2, 0.25) is 0 Å². The van der Waals surface area contributed by atoms with E-state index in [1.807, 2.05) is 6.92 Å². The van der Waals surface area contributed by atoms with Gasteiger partial charge in [-0.1, -0.05) is 6.92 Å². The first-order valence-corrected chi connectivity index (χ1v) is 7.83. The molecule has 1 N–H and O–H groups in total. The Morgan fingerprint density at radius 1 is 1.16 bits per heavy atom. The summed E-state index contributed by atoms with van der Waals surface area (Å²) in [4.78, 5) is 41.9. The zero-order valence-electron chi connectivity index (χ0n) is 14.2. The van der Waals surface area contributed by atoms with E-state index >= 15 is 0 Å². The standard InChI is InChI=1S/C17H18N4O4/c1-4-12(22)10-5-7-11(8-6-10)25-9-13-18-15-14(20(13)2)16(23)19-17(24)21(15)3/h5-8H,4,9H2,1-3H3,(H,19,23,24). The zero-order valence-corrected chi connectivity index (χ0v) is 14.2. The van der Waals surface area contributed by atoms with E-state index in [1.165, 1.54) is 4.57 Å². The number of aromatic nitrogens is 4. The normalized spacial score (nSPS) is 11.0. The van der Waals surface area contributed by atoms with Gasteiger partial charge in [-0.2, -0.15) is 0 Å². The van der Waals surface area contributed by atoms with Gasteiger partial charge in [0.2, 0.25) is 0 Å². The maximum absolute atomic E-state index is 12.0. The first-order valence-electron chi connectivity index (χ1n) is 7.83. The minimum absolute atomic E-state index is 0.0713. The summed E-state index contributed by atoms with van der Waals surface area (Å²) in [5.41, 5.74) is 0.253. The number of fused-ring (bicyclic) bond motifs is 1. The molecular weight excluding hydrogens is 324 g/mol. The van der Waals surface area contributed by atoms with Crippen LogP contribution in [0.15, 0.2) is 33.9 Å². The molecule has 1 aromatic carbocycles. The van der Waals surface area contributed by atoms with E-state index in [-0.39, 0.29) is 12.4 Å². The number of aryl methyl sites for hydroxylation is 2. The second-order valence-electron chi connectivity index (χ2n) is 5.67. The SMILES string of the molecule is CCC(=O)c1ccc(OCc2nc3c(c(=O)[nH]c(=O)n3C)n2C)cc1. The van der Waals surface area contributed by atoms with Crippen LogP contribution in [-0.2, 0) is 20.7 Å². The first-order chi connectivity index (χ1) is 11.9. The largest absolute Gasteiger partial charge is 0.486 e. The number of ether oxygens (including phenoxy) is 1. The Morgan fingerprint density at radius 2 is 1.84 bits per heavy atom. The van der Waals surface area contributed by atoms with Gasteiger partial charge in [-0.15, -0.1) is 0 Å². The second-order valence-corrected chi connectivity index (χ2v) is 5.67. The lowest BCUT2D eigenvalue weighted by Crippen LogP contribution is -2.29. The fourth-order valence-corrected chi connectivity index (χ4v) is 2.57. The number of hydrogen-bond donors (Lipinski definition) is 1. The molecule has 0 amide bonds. The number of nitrogens with one attached hydrogen (secondary N) is 1. The number of imidazole rings is 1. The van der Waals surface area contributed by atoms with Crippen LogP contribution >= 0.6 is 0 Å². The van der Waals surface area contributed by atoms with Crippen molar-refractivity contribution in [2.24, 2.45) is 14.1 Å². The number of carbonyl (C=O) groups excluding carboxylic acids is 1. The summed E-state index contributed by atoms with van der Waals surface area (Å²) in [6.07, 6.45) is 0.452. The second kappa shape index (κ2) is 6.39. The van der Waals surface area contributed by atoms with Crippen LogP contribution in [0, 0.1) is 0 Å². The smallest absolute Gasteiger partial charge is 0.329 e. The highest BCUT2D eigenvalue weighted by atomic mass is 16.5. The van der Waals surface area contributed by atoms with Gasteiger partial charge in [0.25, 0.3) is 5.56 Å². The van der Waals surface area contributed by atoms with E-state index < -0.39 is 11.2 Å². The molecule has 8 heteroatoms. The predicted molar refractivity (Wildman–Crippen MR) is 92.0 cm³/mol. The molecule has 0 unspecified atom stereocenters. The lowest BCUT2D eigenvalue weighted by atomic mass is 10.1. The van der Waals surface area contributed by atoms with Gasteiger partial charge in [-0.05, 0) is 24.3 Å². The molecule has 0 saturated carbocycles. The fourth-order valence-electron chi connectivity index (χ4n) is 2.57. The molecule has 2 aromatic heterocycles. The molecule has 0 spiro atoms. The molecule has 3 rings (SSSR count). The highest BCUT2D eigenvalue weighted by molar-refractivity contribution is 5.95. The van der Waals surface area contributed by atoms with E-state index in [4.69, 9.17) is 4.74 Å². The van der Waals surface area contributed by atoms with Crippen molar-refractivity contribution in [3.8, 4) is 5.75 Å². The predicted octanol–water partition coefficient (Wildman–Crippen LogP) is 1.13. The van der Waals surface area contributed by atoms with Gasteiger partial charge in [-0.3, -0.25) is 19.1 Å². The van der Waals surface area contributed by atoms with Crippen LogP contribution < -0.4 is 16.0 Å². The van der Waals surface area contributed by atoms with Gasteiger partial charge < -0.3 is 9.30 Å². The van der Waals surface area contributed by atoms with Crippen LogP contribution in [0.4, 0.5) is 0 Å². The molecule has 0 aliphatic rings. The van der Waals surface area contributed by atoms with Crippen molar-refractivity contribution in [2.45, 2.75) is 20.0 Å². The molecule has 0 atom stereocenters. The minimum Gasteiger partial charge on any atom is -0.486 e. The minimum atomic E-state index is -0.515. The number of benzene rings is 1. The molecule has 130 valence electrons. The van der Waals surface area contributed by atoms with Gasteiger partial charge >= 0.3 is 5.69 Å². The lowest BCUT2D eigenvalue weighted by Gasteiger charge is -2.06. The number of carbonyl (C=O) groups is 1. The molecule has 3 aromatic rings. The summed E-state index contributed by atoms with van der Waals surface area (Å²) in [5, 5.41) is 0. The van der Waals surface area contributed by atoms with Crippen molar-refractivity contribution in [3.05, 3.63) is 56.5 Å². The Morgan fingerprint density at radius 3 is 2.48 bits per heavy atom. The maximum atomic E-state index is 12.0. The van der Waals surface area contributed by atoms with E-state index in [9.17, 15) is 14.4 Å². The average molecular weight is 342 g/mol. The summed E-state index contributed by atoms with van der Waals surface area (Å²) in [7, 11) is 3.23. The Kier molecular flexibility index (Phi) is 4.26. The Balaban J connectivity index is 1.87. The highest BCUT2D eigenvalue weighted by Gasteiger charge is 2.15. The molecule has 0 fully saturated rings. The first kappa shape index (κ1) is 16.7. The molecule has 0 bridgehead atoms. The summed E-state index contributed by atoms with van der Waals surface area (Å²) in [5.74, 6) is 1.17. The third kappa shape index (κ3) is 2.98. The van der Waals surface area contributed by atoms with E-state index in [0.29, 0.717) is 34.7 Å². The van der Waals surface area contributed by atoms with Crippen molar-refractivity contribution in [3.63, 3.8) is 0 Å². The number of nitrogens with zero attached hydrogens (tertiary/aromatic N) is 3. The number of H-pyrrole nitrogens is 1. The van der Waals surface area contributed by atoms with Crippen molar-refractivity contribution in [2.75, 3.05) is 0 Å². The average Bonchev–Trinajstić information content (AvgIpc) is 2.95. The molecule has 0 saturated heterocycles. The van der Waals surface area contributed by atoms with Gasteiger partial charge in [0.15, 0.2) is 16.9 Å².